The van der Waals surface area contributed by atoms with Crippen molar-refractivity contribution in [2.45, 2.75) is 13.3 Å². The van der Waals surface area contributed by atoms with Crippen LogP contribution in [0.25, 0.3) is 98.5 Å². The Morgan fingerprint density at radius 3 is 1.96 bits per heavy atom. The third-order valence-corrected chi connectivity index (χ3v) is 11.5. The molecule has 0 saturated heterocycles. The Morgan fingerprint density at radius 1 is 0.547 bits per heavy atom. The molecule has 5 nitrogen and oxygen atoms in total. The van der Waals surface area contributed by atoms with Gasteiger partial charge in [-0.15, -0.1) is 11.3 Å². The van der Waals surface area contributed by atoms with E-state index in [1.54, 1.807) is 11.3 Å². The Bertz CT molecular complexity index is 3200. The van der Waals surface area contributed by atoms with Gasteiger partial charge in [-0.3, -0.25) is 0 Å². The topological polar surface area (TPSA) is 64.7 Å². The second-order valence-electron chi connectivity index (χ2n) is 13.9. The summed E-state index contributed by atoms with van der Waals surface area (Å²) in [7, 11) is 0. The van der Waals surface area contributed by atoms with Crippen LogP contribution in [-0.4, -0.2) is 19.9 Å². The van der Waals surface area contributed by atoms with E-state index in [0.29, 0.717) is 17.5 Å². The molecule has 11 rings (SSSR count). The van der Waals surface area contributed by atoms with Crippen molar-refractivity contribution in [2.24, 2.45) is 5.92 Å². The van der Waals surface area contributed by atoms with Gasteiger partial charge in [-0.2, -0.15) is 0 Å². The molecule has 250 valence electrons. The van der Waals surface area contributed by atoms with Crippen LogP contribution in [0.15, 0.2) is 144 Å². The Labute approximate surface area is 308 Å². The Hall–Kier alpha value is -6.50. The van der Waals surface area contributed by atoms with Crippen molar-refractivity contribution in [1.82, 2.24) is 19.9 Å². The summed E-state index contributed by atoms with van der Waals surface area (Å²) in [5.41, 5.74) is 6.62. The second-order valence-corrected chi connectivity index (χ2v) is 14.9. The van der Waals surface area contributed by atoms with E-state index in [4.69, 9.17) is 24.4 Å². The minimum Gasteiger partial charge on any atom is -0.456 e. The molecule has 1 unspecified atom stereocenters. The van der Waals surface area contributed by atoms with Crippen LogP contribution in [0, 0.1) is 5.92 Å². The summed E-state index contributed by atoms with van der Waals surface area (Å²) in [6.45, 7) is 2.21. The van der Waals surface area contributed by atoms with Crippen molar-refractivity contribution in [3.8, 4) is 33.3 Å². The molecule has 0 aliphatic heterocycles. The van der Waals surface area contributed by atoms with Gasteiger partial charge in [0.15, 0.2) is 17.5 Å². The van der Waals surface area contributed by atoms with Gasteiger partial charge in [-0.05, 0) is 75.0 Å². The molecule has 0 amide bonds. The Morgan fingerprint density at radius 2 is 1.19 bits per heavy atom. The standard InChI is InChI=1S/C47H30N4OS/c1-27-24-38(42-35-18-9-10-20-39(35)52-40(42)25-27)46-50-44(28-12-3-2-4-13-28)49-45(51-46)36-19-11-21-41-43(36)48-47(53-41)29-22-23-34-32-16-6-5-14-30(32)31-15-7-8-17-33(31)37(34)26-29/h2-23,25-27H,24H2,1H3. The molecule has 0 bridgehead atoms. The Balaban J connectivity index is 1.12. The van der Waals surface area contributed by atoms with Crippen molar-refractivity contribution >= 4 is 76.5 Å². The zero-order chi connectivity index (χ0) is 35.0. The third kappa shape index (κ3) is 4.83. The highest BCUT2D eigenvalue weighted by atomic mass is 32.1. The number of nitrogens with zero attached hydrogens (tertiary/aromatic N) is 4. The van der Waals surface area contributed by atoms with Crippen LogP contribution in [0.3, 0.4) is 0 Å². The number of rotatable bonds is 4. The molecule has 3 heterocycles. The predicted molar refractivity (Wildman–Crippen MR) is 218 cm³/mol. The highest BCUT2D eigenvalue weighted by Gasteiger charge is 2.23. The zero-order valence-corrected chi connectivity index (χ0v) is 29.6. The van der Waals surface area contributed by atoms with E-state index in [-0.39, 0.29) is 5.92 Å². The summed E-state index contributed by atoms with van der Waals surface area (Å²) in [5, 5.41) is 10.6. The first kappa shape index (κ1) is 30.2. The van der Waals surface area contributed by atoms with Crippen molar-refractivity contribution < 1.29 is 4.42 Å². The van der Waals surface area contributed by atoms with Crippen LogP contribution in [-0.2, 0) is 0 Å². The fraction of sp³-hybridized carbons (Fsp3) is 0.0638. The number of hydrogen-bond acceptors (Lipinski definition) is 6. The summed E-state index contributed by atoms with van der Waals surface area (Å²) >= 11 is 1.70. The molecule has 0 saturated carbocycles. The second kappa shape index (κ2) is 11.8. The average Bonchev–Trinajstić information content (AvgIpc) is 3.82. The number of aromatic nitrogens is 4. The fourth-order valence-electron chi connectivity index (χ4n) is 8.08. The highest BCUT2D eigenvalue weighted by Crippen LogP contribution is 2.40. The number of thiazole rings is 1. The maximum atomic E-state index is 6.36. The van der Waals surface area contributed by atoms with Crippen LogP contribution >= 0.6 is 11.3 Å². The van der Waals surface area contributed by atoms with Gasteiger partial charge in [0.1, 0.15) is 16.0 Å². The molecular formula is C47H30N4OS. The smallest absolute Gasteiger partial charge is 0.166 e. The molecule has 6 heteroatoms. The minimum atomic E-state index is 0.264. The van der Waals surface area contributed by atoms with Crippen LogP contribution in [0.4, 0.5) is 0 Å². The third-order valence-electron chi connectivity index (χ3n) is 10.5. The number of benzene rings is 7. The van der Waals surface area contributed by atoms with Gasteiger partial charge in [0.05, 0.1) is 10.2 Å². The van der Waals surface area contributed by atoms with Crippen molar-refractivity contribution in [3.63, 3.8) is 0 Å². The average molecular weight is 699 g/mol. The summed E-state index contributed by atoms with van der Waals surface area (Å²) < 4.78 is 7.44. The maximum Gasteiger partial charge on any atom is 0.166 e. The van der Waals surface area contributed by atoms with Crippen molar-refractivity contribution in [2.75, 3.05) is 0 Å². The van der Waals surface area contributed by atoms with E-state index in [0.717, 1.165) is 65.5 Å². The van der Waals surface area contributed by atoms with Crippen LogP contribution in [0.2, 0.25) is 0 Å². The quantitative estimate of drug-likeness (QED) is 0.171. The Kier molecular flexibility index (Phi) is 6.70. The van der Waals surface area contributed by atoms with E-state index in [1.165, 1.54) is 32.3 Å². The molecule has 0 radical (unpaired) electrons. The molecule has 10 aromatic rings. The number of para-hydroxylation sites is 2. The van der Waals surface area contributed by atoms with Crippen LogP contribution in [0.1, 0.15) is 19.2 Å². The number of furan rings is 1. The normalized spacial score (nSPS) is 14.4. The number of fused-ring (bicyclic) bond motifs is 10. The van der Waals surface area contributed by atoms with Gasteiger partial charge in [0.2, 0.25) is 0 Å². The molecule has 0 fully saturated rings. The first-order chi connectivity index (χ1) is 26.2. The molecule has 53 heavy (non-hydrogen) atoms. The first-order valence-corrected chi connectivity index (χ1v) is 18.8. The zero-order valence-electron chi connectivity index (χ0n) is 28.7. The molecule has 3 aromatic heterocycles. The lowest BCUT2D eigenvalue weighted by Crippen LogP contribution is -2.30. The maximum absolute atomic E-state index is 6.36. The number of hydrogen-bond donors (Lipinski definition) is 0. The van der Waals surface area contributed by atoms with Gasteiger partial charge >= 0.3 is 0 Å². The minimum absolute atomic E-state index is 0.264. The van der Waals surface area contributed by atoms with Gasteiger partial charge in [0.25, 0.3) is 0 Å². The summed E-state index contributed by atoms with van der Waals surface area (Å²) in [4.78, 5) is 20.9. The van der Waals surface area contributed by atoms with Gasteiger partial charge in [-0.1, -0.05) is 122 Å². The monoisotopic (exact) mass is 698 g/mol. The van der Waals surface area contributed by atoms with E-state index >= 15 is 0 Å². The molecular weight excluding hydrogens is 669 g/mol. The summed E-state index contributed by atoms with van der Waals surface area (Å²) in [5.74, 6) is 2.18. The fourth-order valence-corrected chi connectivity index (χ4v) is 9.07. The van der Waals surface area contributed by atoms with Gasteiger partial charge < -0.3 is 4.42 Å². The van der Waals surface area contributed by atoms with Crippen molar-refractivity contribution in [3.05, 3.63) is 156 Å². The van der Waals surface area contributed by atoms with E-state index in [2.05, 4.69) is 122 Å². The summed E-state index contributed by atoms with van der Waals surface area (Å²) in [6, 6.07) is 48.8. The lowest BCUT2D eigenvalue weighted by molar-refractivity contribution is 0.563. The van der Waals surface area contributed by atoms with E-state index in [9.17, 15) is 0 Å². The first-order valence-electron chi connectivity index (χ1n) is 17.9. The van der Waals surface area contributed by atoms with E-state index in [1.807, 2.05) is 30.3 Å². The lowest BCUT2D eigenvalue weighted by atomic mass is 9.93. The molecule has 7 aromatic carbocycles. The predicted octanol–water partition coefficient (Wildman–Crippen LogP) is 10.7. The van der Waals surface area contributed by atoms with Crippen LogP contribution < -0.4 is 10.6 Å². The molecule has 1 aliphatic rings. The lowest BCUT2D eigenvalue weighted by Gasteiger charge is -2.15. The van der Waals surface area contributed by atoms with Gasteiger partial charge in [-0.25, -0.2) is 19.9 Å². The highest BCUT2D eigenvalue weighted by molar-refractivity contribution is 7.21. The van der Waals surface area contributed by atoms with Gasteiger partial charge in [0, 0.05) is 32.9 Å². The summed E-state index contributed by atoms with van der Waals surface area (Å²) in [6.07, 6.45) is 3.01. The van der Waals surface area contributed by atoms with Crippen molar-refractivity contribution in [1.29, 1.82) is 0 Å². The van der Waals surface area contributed by atoms with Crippen LogP contribution in [0.5, 0.6) is 0 Å². The molecule has 0 N–H and O–H groups in total. The molecule has 0 spiro atoms. The van der Waals surface area contributed by atoms with E-state index < -0.39 is 0 Å². The largest absolute Gasteiger partial charge is 0.456 e. The SMILES string of the molecule is CC1C=c2oc3ccccc3c2=C(c2nc(-c3ccccc3)nc(-c3cccc4sc(-c5ccc6c7ccccc7c7ccccc7c6c5)nc34)n2)C1. The molecule has 1 aliphatic carbocycles. The molecule has 1 atom stereocenters.